The zero-order valence-corrected chi connectivity index (χ0v) is 25.6. The van der Waals surface area contributed by atoms with E-state index in [-0.39, 0.29) is 0 Å². The van der Waals surface area contributed by atoms with E-state index in [0.717, 1.165) is 0 Å². The molecule has 0 aliphatic heterocycles. The number of benzene rings is 6. The maximum atomic E-state index is 15.1. The summed E-state index contributed by atoms with van der Waals surface area (Å²) in [4.78, 5) is 0. The fourth-order valence-electron chi connectivity index (χ4n) is 5.58. The molecule has 6 aromatic rings. The van der Waals surface area contributed by atoms with Crippen LogP contribution in [0.15, 0.2) is 48.5 Å². The van der Waals surface area contributed by atoms with Gasteiger partial charge < -0.3 is 15.3 Å². The predicted molar refractivity (Wildman–Crippen MR) is 158 cm³/mol. The lowest BCUT2D eigenvalue weighted by atomic mass is 9.88. The van der Waals surface area contributed by atoms with Gasteiger partial charge in [0.2, 0.25) is 17.5 Å². The molecule has 54 heavy (non-hydrogen) atoms. The van der Waals surface area contributed by atoms with Crippen molar-refractivity contribution in [2.75, 3.05) is 0 Å². The van der Waals surface area contributed by atoms with E-state index in [0.29, 0.717) is 48.5 Å². The molecule has 0 unspecified atom stereocenters. The minimum atomic E-state index is -2.63. The summed E-state index contributed by atoms with van der Waals surface area (Å²) in [6.07, 6.45) is 0. The molecule has 0 radical (unpaired) electrons. The largest absolute Gasteiger partial charge is 0.507 e. The normalized spacial score (nSPS) is 11.5. The van der Waals surface area contributed by atoms with Gasteiger partial charge in [0.25, 0.3) is 0 Å². The van der Waals surface area contributed by atoms with E-state index in [1.54, 1.807) is 0 Å². The lowest BCUT2D eigenvalue weighted by Gasteiger charge is -2.18. The van der Waals surface area contributed by atoms with E-state index in [2.05, 4.69) is 0 Å². The molecule has 0 aromatic heterocycles. The first kappa shape index (κ1) is 37.4. The van der Waals surface area contributed by atoms with Crippen molar-refractivity contribution >= 4 is 0 Å². The van der Waals surface area contributed by atoms with Crippen LogP contribution in [0.5, 0.6) is 17.2 Å². The number of phenols is 3. The van der Waals surface area contributed by atoms with Crippen LogP contribution in [0.1, 0.15) is 0 Å². The van der Waals surface area contributed by atoms with E-state index in [9.17, 15) is 72.4 Å². The molecular weight excluding hydrogens is 765 g/mol. The van der Waals surface area contributed by atoms with Crippen LogP contribution in [0.3, 0.4) is 0 Å². The highest BCUT2D eigenvalue weighted by molar-refractivity contribution is 5.93. The van der Waals surface area contributed by atoms with Gasteiger partial charge in [-0.15, -0.1) is 0 Å². The number of rotatable bonds is 5. The highest BCUT2D eigenvalue weighted by atomic mass is 19.2. The van der Waals surface area contributed by atoms with Gasteiger partial charge >= 0.3 is 0 Å². The van der Waals surface area contributed by atoms with Crippen molar-refractivity contribution in [3.8, 4) is 72.9 Å². The van der Waals surface area contributed by atoms with Crippen molar-refractivity contribution in [3.63, 3.8) is 0 Å². The molecule has 0 saturated heterocycles. The van der Waals surface area contributed by atoms with Gasteiger partial charge in [-0.05, 0) is 53.1 Å². The van der Waals surface area contributed by atoms with Crippen LogP contribution in [0, 0.1) is 87.3 Å². The smallest absolute Gasteiger partial charge is 0.200 e. The summed E-state index contributed by atoms with van der Waals surface area (Å²) in [5.41, 5.74) is -11.7. The zero-order chi connectivity index (χ0) is 39.8. The van der Waals surface area contributed by atoms with E-state index >= 15 is 8.78 Å². The topological polar surface area (TPSA) is 60.7 Å². The van der Waals surface area contributed by atoms with Gasteiger partial charge in [-0.2, -0.15) is 0 Å². The first-order chi connectivity index (χ1) is 25.3. The Kier molecular flexibility index (Phi) is 9.19. The molecule has 6 rings (SSSR count). The third-order valence-electron chi connectivity index (χ3n) is 8.18. The van der Waals surface area contributed by atoms with E-state index in [1.807, 2.05) is 0 Å². The maximum absolute atomic E-state index is 15.1. The predicted octanol–water partition coefficient (Wildman–Crippen LogP) is 11.2. The number of hydrogen-bond donors (Lipinski definition) is 3. The summed E-state index contributed by atoms with van der Waals surface area (Å²) in [5.74, 6) is -40.4. The molecule has 0 aliphatic carbocycles. The standard InChI is InChI=1S/C36H11F15O3/c37-21-18(22(38)28(44)33(49)27(21)43)9-1-3-16(52)12(5-9)14-7-11(20-25(41)31(47)35(51)32(48)26(20)42)8-15(36(14)54)13-6-10(2-4-17(13)53)19-23(39)29(45)34(50)30(46)24(19)40/h1-8,52-54H. The van der Waals surface area contributed by atoms with Gasteiger partial charge in [0, 0.05) is 22.3 Å². The van der Waals surface area contributed by atoms with Crippen LogP contribution in [0.2, 0.25) is 0 Å². The van der Waals surface area contributed by atoms with Gasteiger partial charge in [0.15, 0.2) is 69.8 Å². The number of hydrogen-bond acceptors (Lipinski definition) is 3. The van der Waals surface area contributed by atoms with Gasteiger partial charge in [-0.1, -0.05) is 12.1 Å². The summed E-state index contributed by atoms with van der Waals surface area (Å²) in [5, 5.41) is 32.9. The van der Waals surface area contributed by atoms with Crippen LogP contribution in [0.4, 0.5) is 65.9 Å². The average Bonchev–Trinajstić information content (AvgIpc) is 3.15. The fourth-order valence-corrected chi connectivity index (χ4v) is 5.58. The molecule has 3 N–H and O–H groups in total. The second-order valence-electron chi connectivity index (χ2n) is 11.2. The van der Waals surface area contributed by atoms with Crippen molar-refractivity contribution in [1.29, 1.82) is 0 Å². The zero-order valence-electron chi connectivity index (χ0n) is 25.6. The Morgan fingerprint density at radius 1 is 0.259 bits per heavy atom. The molecule has 0 aliphatic rings. The van der Waals surface area contributed by atoms with Gasteiger partial charge in [-0.25, -0.2) is 65.9 Å². The Hall–Kier alpha value is -6.33. The fraction of sp³-hybridized carbons (Fsp3) is 0. The summed E-state index contributed by atoms with van der Waals surface area (Å²) in [6, 6.07) is 4.10. The molecule has 0 spiro atoms. The van der Waals surface area contributed by atoms with Crippen molar-refractivity contribution in [2.24, 2.45) is 0 Å². The first-order valence-corrected chi connectivity index (χ1v) is 14.4. The Morgan fingerprint density at radius 2 is 0.481 bits per heavy atom. The van der Waals surface area contributed by atoms with Gasteiger partial charge in [0.05, 0.1) is 16.7 Å². The first-order valence-electron chi connectivity index (χ1n) is 14.4. The summed E-state index contributed by atoms with van der Waals surface area (Å²) in [7, 11) is 0. The van der Waals surface area contributed by atoms with Crippen molar-refractivity contribution < 1.29 is 81.2 Å². The van der Waals surface area contributed by atoms with E-state index in [4.69, 9.17) is 0 Å². The molecule has 6 aromatic carbocycles. The average molecular weight is 776 g/mol. The van der Waals surface area contributed by atoms with Gasteiger partial charge in [0.1, 0.15) is 17.2 Å². The third kappa shape index (κ3) is 5.59. The second kappa shape index (κ2) is 13.3. The molecule has 0 amide bonds. The Morgan fingerprint density at radius 3 is 0.759 bits per heavy atom. The maximum Gasteiger partial charge on any atom is 0.200 e. The van der Waals surface area contributed by atoms with Crippen molar-refractivity contribution in [1.82, 2.24) is 0 Å². The molecule has 0 heterocycles. The SMILES string of the molecule is Oc1ccc(-c2c(F)c(F)c(F)c(F)c2F)cc1-c1cc(-c2c(F)c(F)c(F)c(F)c2F)cc(-c2cc(-c3c(F)c(F)c(F)c(F)c3F)ccc2O)c1O. The monoisotopic (exact) mass is 776 g/mol. The number of aromatic hydroxyl groups is 3. The molecule has 0 atom stereocenters. The lowest BCUT2D eigenvalue weighted by molar-refractivity contribution is 0.381. The van der Waals surface area contributed by atoms with Crippen LogP contribution in [0.25, 0.3) is 55.6 Å². The summed E-state index contributed by atoms with van der Waals surface area (Å²) >= 11 is 0. The van der Waals surface area contributed by atoms with Crippen LogP contribution in [-0.4, -0.2) is 15.3 Å². The van der Waals surface area contributed by atoms with Crippen molar-refractivity contribution in [3.05, 3.63) is 136 Å². The van der Waals surface area contributed by atoms with E-state index in [1.165, 1.54) is 0 Å². The van der Waals surface area contributed by atoms with Crippen LogP contribution < -0.4 is 0 Å². The number of phenolic OH excluding ortho intramolecular Hbond substituents is 3. The molecule has 0 fully saturated rings. The Bertz CT molecular complexity index is 2380. The molecule has 3 nitrogen and oxygen atoms in total. The minimum Gasteiger partial charge on any atom is -0.507 e. The molecule has 278 valence electrons. The number of halogens is 15. The van der Waals surface area contributed by atoms with E-state index < -0.39 is 160 Å². The molecule has 0 saturated carbocycles. The van der Waals surface area contributed by atoms with Crippen molar-refractivity contribution in [2.45, 2.75) is 0 Å². The van der Waals surface area contributed by atoms with Gasteiger partial charge in [-0.3, -0.25) is 0 Å². The summed E-state index contributed by atoms with van der Waals surface area (Å²) in [6.45, 7) is 0. The summed E-state index contributed by atoms with van der Waals surface area (Å²) < 4.78 is 216. The molecule has 0 bridgehead atoms. The quantitative estimate of drug-likeness (QED) is 0.0928. The van der Waals surface area contributed by atoms with Crippen LogP contribution >= 0.6 is 0 Å². The third-order valence-corrected chi connectivity index (χ3v) is 8.18. The highest BCUT2D eigenvalue weighted by Gasteiger charge is 2.32. The highest BCUT2D eigenvalue weighted by Crippen LogP contribution is 2.49. The Labute approximate surface area is 290 Å². The Balaban J connectivity index is 1.72. The second-order valence-corrected chi connectivity index (χ2v) is 11.2. The minimum absolute atomic E-state index is 0.416. The lowest BCUT2D eigenvalue weighted by Crippen LogP contribution is -2.05. The molecular formula is C36H11F15O3. The van der Waals surface area contributed by atoms with Crippen LogP contribution in [-0.2, 0) is 0 Å². The molecule has 18 heteroatoms.